The molecule has 0 saturated carbocycles. The summed E-state index contributed by atoms with van der Waals surface area (Å²) in [6, 6.07) is 17.4. The van der Waals surface area contributed by atoms with E-state index in [1.54, 1.807) is 20.0 Å². The highest BCUT2D eigenvalue weighted by molar-refractivity contribution is 7.94. The Bertz CT molecular complexity index is 1120. The number of para-hydroxylation sites is 2. The Morgan fingerprint density at radius 3 is 2.35 bits per heavy atom. The fourth-order valence-corrected chi connectivity index (χ4v) is 5.64. The smallest absolute Gasteiger partial charge is 0.245 e. The molecular weight excluding hydrogens is 344 g/mol. The Labute approximate surface area is 154 Å². The topological polar surface area (TPSA) is 50.3 Å². The molecule has 2 heterocycles. The Kier molecular flexibility index (Phi) is 3.47. The summed E-state index contributed by atoms with van der Waals surface area (Å²) < 4.78 is 27.8. The van der Waals surface area contributed by atoms with Crippen LogP contribution in [0.2, 0.25) is 0 Å². The lowest BCUT2D eigenvalue weighted by Gasteiger charge is -2.50. The van der Waals surface area contributed by atoms with Crippen molar-refractivity contribution in [1.29, 1.82) is 0 Å². The molecule has 0 N–H and O–H groups in total. The van der Waals surface area contributed by atoms with Crippen molar-refractivity contribution in [1.82, 2.24) is 4.98 Å². The molecule has 5 heteroatoms. The number of fused-ring (bicyclic) bond motifs is 2. The van der Waals surface area contributed by atoms with Crippen LogP contribution in [-0.2, 0) is 15.4 Å². The van der Waals surface area contributed by atoms with E-state index < -0.39 is 20.2 Å². The second-order valence-corrected chi connectivity index (χ2v) is 10.1. The Morgan fingerprint density at radius 2 is 1.58 bits per heavy atom. The average molecular weight is 366 g/mol. The van der Waals surface area contributed by atoms with Crippen LogP contribution in [-0.4, -0.2) is 18.1 Å². The molecule has 0 bridgehead atoms. The van der Waals surface area contributed by atoms with Crippen LogP contribution in [0, 0.1) is 0 Å². The first kappa shape index (κ1) is 17.0. The molecule has 4 nitrogen and oxygen atoms in total. The van der Waals surface area contributed by atoms with Crippen molar-refractivity contribution in [2.45, 2.75) is 37.9 Å². The number of nitrogens with zero attached hydrogens (tertiary/aromatic N) is 2. The molecule has 1 aliphatic heterocycles. The van der Waals surface area contributed by atoms with Crippen molar-refractivity contribution >= 4 is 32.3 Å². The van der Waals surface area contributed by atoms with Gasteiger partial charge in [-0.05, 0) is 37.6 Å². The second kappa shape index (κ2) is 5.30. The zero-order chi connectivity index (χ0) is 18.7. The maximum absolute atomic E-state index is 13.6. The third-order valence-corrected chi connectivity index (χ3v) is 8.69. The molecule has 0 amide bonds. The number of pyridine rings is 1. The molecule has 1 aromatic heterocycles. The van der Waals surface area contributed by atoms with Gasteiger partial charge in [0.15, 0.2) is 0 Å². The van der Waals surface area contributed by atoms with Gasteiger partial charge in [0.05, 0.1) is 27.8 Å². The fourth-order valence-electron chi connectivity index (χ4n) is 3.63. The standard InChI is InChI=1S/C21H22N2O2S/c1-20(2)17-10-6-8-12-19(17)23(26(24,25)21(20,3)4)16-13-15-9-5-7-11-18(15)22-14-16/h5-14H,1-4H3. The lowest BCUT2D eigenvalue weighted by molar-refractivity contribution is 0.378. The number of hydrogen-bond acceptors (Lipinski definition) is 3. The van der Waals surface area contributed by atoms with E-state index in [1.165, 1.54) is 4.31 Å². The highest BCUT2D eigenvalue weighted by atomic mass is 32.2. The van der Waals surface area contributed by atoms with E-state index in [1.807, 2.05) is 68.4 Å². The van der Waals surface area contributed by atoms with Gasteiger partial charge in [-0.15, -0.1) is 0 Å². The molecule has 0 unspecified atom stereocenters. The van der Waals surface area contributed by atoms with Crippen LogP contribution < -0.4 is 4.31 Å². The third-order valence-electron chi connectivity index (χ3n) is 6.00. The highest BCUT2D eigenvalue weighted by Gasteiger charge is 2.56. The molecule has 3 aromatic rings. The monoisotopic (exact) mass is 366 g/mol. The van der Waals surface area contributed by atoms with Crippen molar-refractivity contribution in [2.24, 2.45) is 0 Å². The van der Waals surface area contributed by atoms with E-state index in [-0.39, 0.29) is 0 Å². The Hall–Kier alpha value is -2.40. The summed E-state index contributed by atoms with van der Waals surface area (Å²) in [7, 11) is -3.65. The maximum atomic E-state index is 13.6. The van der Waals surface area contributed by atoms with Gasteiger partial charge in [0.2, 0.25) is 10.0 Å². The first-order chi connectivity index (χ1) is 12.2. The molecule has 0 spiro atoms. The van der Waals surface area contributed by atoms with E-state index in [4.69, 9.17) is 0 Å². The van der Waals surface area contributed by atoms with Crippen LogP contribution in [0.4, 0.5) is 11.4 Å². The van der Waals surface area contributed by atoms with E-state index in [0.717, 1.165) is 16.5 Å². The third kappa shape index (κ3) is 2.07. The summed E-state index contributed by atoms with van der Waals surface area (Å²) in [6.07, 6.45) is 1.64. The largest absolute Gasteiger partial charge is 0.254 e. The van der Waals surface area contributed by atoms with Gasteiger partial charge in [0.1, 0.15) is 0 Å². The molecule has 4 rings (SSSR count). The summed E-state index contributed by atoms with van der Waals surface area (Å²) in [5.41, 5.74) is 2.61. The van der Waals surface area contributed by atoms with Crippen LogP contribution in [0.3, 0.4) is 0 Å². The van der Waals surface area contributed by atoms with Crippen molar-refractivity contribution in [3.05, 3.63) is 66.4 Å². The van der Waals surface area contributed by atoms with Crippen LogP contribution >= 0.6 is 0 Å². The number of benzene rings is 2. The Balaban J connectivity index is 2.05. The first-order valence-electron chi connectivity index (χ1n) is 8.67. The maximum Gasteiger partial charge on any atom is 0.245 e. The fraction of sp³-hybridized carbons (Fsp3) is 0.286. The predicted octanol–water partition coefficient (Wildman–Crippen LogP) is 4.77. The molecule has 0 radical (unpaired) electrons. The molecule has 26 heavy (non-hydrogen) atoms. The number of hydrogen-bond donors (Lipinski definition) is 0. The van der Waals surface area contributed by atoms with Gasteiger partial charge in [-0.25, -0.2) is 12.7 Å². The average Bonchev–Trinajstić information content (AvgIpc) is 2.61. The highest BCUT2D eigenvalue weighted by Crippen LogP contribution is 2.52. The molecule has 0 fully saturated rings. The van der Waals surface area contributed by atoms with E-state index >= 15 is 0 Å². The summed E-state index contributed by atoms with van der Waals surface area (Å²) in [5, 5.41) is 0.917. The molecular formula is C21H22N2O2S. The molecule has 1 aliphatic rings. The van der Waals surface area contributed by atoms with Crippen LogP contribution in [0.5, 0.6) is 0 Å². The molecule has 0 atom stereocenters. The van der Waals surface area contributed by atoms with E-state index in [2.05, 4.69) is 4.98 Å². The zero-order valence-corrected chi connectivity index (χ0v) is 16.2. The number of aromatic nitrogens is 1. The van der Waals surface area contributed by atoms with Gasteiger partial charge in [-0.3, -0.25) is 4.98 Å². The minimum atomic E-state index is -3.65. The molecule has 0 aliphatic carbocycles. The van der Waals surface area contributed by atoms with Gasteiger partial charge in [-0.2, -0.15) is 0 Å². The molecule has 134 valence electrons. The minimum absolute atomic E-state index is 0.525. The normalized spacial score (nSPS) is 19.9. The lowest BCUT2D eigenvalue weighted by Crippen LogP contribution is -2.58. The number of sulfonamides is 1. The van der Waals surface area contributed by atoms with Gasteiger partial charge in [0.25, 0.3) is 0 Å². The Morgan fingerprint density at radius 1 is 0.923 bits per heavy atom. The SMILES string of the molecule is CC1(C)c2ccccc2N(c2cnc3ccccc3c2)S(=O)(=O)C1(C)C. The predicted molar refractivity (Wildman–Crippen MR) is 106 cm³/mol. The first-order valence-corrected chi connectivity index (χ1v) is 10.1. The number of anilines is 2. The zero-order valence-electron chi connectivity index (χ0n) is 15.4. The summed E-state index contributed by atoms with van der Waals surface area (Å²) in [5.74, 6) is 0. The summed E-state index contributed by atoms with van der Waals surface area (Å²) in [6.45, 7) is 7.61. The number of rotatable bonds is 1. The summed E-state index contributed by atoms with van der Waals surface area (Å²) >= 11 is 0. The van der Waals surface area contributed by atoms with Gasteiger partial charge in [-0.1, -0.05) is 50.2 Å². The van der Waals surface area contributed by atoms with Crippen molar-refractivity contribution in [2.75, 3.05) is 4.31 Å². The lowest BCUT2D eigenvalue weighted by atomic mass is 9.73. The van der Waals surface area contributed by atoms with E-state index in [0.29, 0.717) is 11.4 Å². The van der Waals surface area contributed by atoms with Crippen LogP contribution in [0.1, 0.15) is 33.3 Å². The van der Waals surface area contributed by atoms with Crippen LogP contribution in [0.25, 0.3) is 10.9 Å². The molecule has 2 aromatic carbocycles. The molecule has 0 saturated heterocycles. The van der Waals surface area contributed by atoms with Crippen LogP contribution in [0.15, 0.2) is 60.8 Å². The quantitative estimate of drug-likeness (QED) is 0.623. The van der Waals surface area contributed by atoms with Gasteiger partial charge >= 0.3 is 0 Å². The van der Waals surface area contributed by atoms with Crippen molar-refractivity contribution in [3.63, 3.8) is 0 Å². The van der Waals surface area contributed by atoms with Crippen molar-refractivity contribution < 1.29 is 8.42 Å². The summed E-state index contributed by atoms with van der Waals surface area (Å²) in [4.78, 5) is 4.47. The van der Waals surface area contributed by atoms with E-state index in [9.17, 15) is 8.42 Å². The second-order valence-electron chi connectivity index (χ2n) is 7.81. The van der Waals surface area contributed by atoms with Gasteiger partial charge < -0.3 is 0 Å². The van der Waals surface area contributed by atoms with Crippen molar-refractivity contribution in [3.8, 4) is 0 Å². The minimum Gasteiger partial charge on any atom is -0.254 e. The van der Waals surface area contributed by atoms with Gasteiger partial charge in [0, 0.05) is 10.8 Å².